The summed E-state index contributed by atoms with van der Waals surface area (Å²) in [4.78, 5) is 26.9. The average molecular weight is 867 g/mol. The first-order chi connectivity index (χ1) is 31.5. The van der Waals surface area contributed by atoms with Gasteiger partial charge in [-0.1, -0.05) is 228 Å². The number of hydrogen-bond donors (Lipinski definition) is 0. The molecular formula is C58H74O6. The molecule has 0 atom stereocenters. The third-order valence-electron chi connectivity index (χ3n) is 13.0. The van der Waals surface area contributed by atoms with Crippen molar-refractivity contribution in [2.75, 3.05) is 13.2 Å². The second kappa shape index (κ2) is 26.0. The minimum atomic E-state index is -0.681. The van der Waals surface area contributed by atoms with Crippen molar-refractivity contribution in [2.45, 2.75) is 169 Å². The molecule has 0 spiro atoms. The molecule has 0 N–H and O–H groups in total. The highest BCUT2D eigenvalue weighted by Crippen LogP contribution is 2.50. The second-order valence-electron chi connectivity index (χ2n) is 17.7. The number of aryl methyl sites for hydroxylation is 2. The van der Waals surface area contributed by atoms with Crippen LogP contribution < -0.4 is 9.47 Å². The Balaban J connectivity index is 1.28. The maximum Gasteiger partial charge on any atom is 0.513 e. The van der Waals surface area contributed by atoms with Crippen molar-refractivity contribution in [3.8, 4) is 22.6 Å². The van der Waals surface area contributed by atoms with Crippen LogP contribution in [-0.2, 0) is 22.3 Å². The Hall–Kier alpha value is -5.10. The van der Waals surface area contributed by atoms with E-state index < -0.39 is 12.3 Å². The summed E-state index contributed by atoms with van der Waals surface area (Å²) in [5.74, 6) is 0.996. The van der Waals surface area contributed by atoms with Gasteiger partial charge in [-0.25, -0.2) is 9.59 Å². The minimum Gasteiger partial charge on any atom is -0.434 e. The zero-order valence-corrected chi connectivity index (χ0v) is 39.5. The summed E-state index contributed by atoms with van der Waals surface area (Å²) in [6, 6.07) is 29.2. The Bertz CT molecular complexity index is 2240. The van der Waals surface area contributed by atoms with E-state index in [4.69, 9.17) is 18.9 Å². The molecule has 6 aromatic carbocycles. The number of carbonyl (C=O) groups is 2. The van der Waals surface area contributed by atoms with Crippen LogP contribution in [0.25, 0.3) is 54.2 Å². The molecule has 0 bridgehead atoms. The highest BCUT2D eigenvalue weighted by molar-refractivity contribution is 6.27. The molecule has 64 heavy (non-hydrogen) atoms. The standard InChI is InChI=1S/C58H74O6/c1-5-9-11-13-15-17-19-21-23-29-39-61-57(59)63-55-47-33-27-25-31-45(47)53(51-41-43(7-3)35-37-49(51)55)54-46-32-26-28-34-48(46)56(50-38-36-44(8-4)42-52(50)54)64-58(60)62-40-30-24-22-20-18-16-14-12-10-6-2/h25-28,31-38,41-42H,5-24,29-30,39-40H2,1-4H3. The lowest BCUT2D eigenvalue weighted by Crippen LogP contribution is -2.12. The largest absolute Gasteiger partial charge is 0.513 e. The molecule has 342 valence electrons. The number of carbonyl (C=O) groups excluding carboxylic acids is 2. The number of ether oxygens (including phenoxy) is 4. The molecule has 0 unspecified atom stereocenters. The van der Waals surface area contributed by atoms with Crippen molar-refractivity contribution in [2.24, 2.45) is 0 Å². The Morgan fingerprint density at radius 1 is 0.359 bits per heavy atom. The number of hydrogen-bond acceptors (Lipinski definition) is 6. The second-order valence-corrected chi connectivity index (χ2v) is 17.7. The maximum atomic E-state index is 13.5. The summed E-state index contributed by atoms with van der Waals surface area (Å²) in [5, 5.41) is 7.19. The molecule has 0 heterocycles. The molecule has 6 nitrogen and oxygen atoms in total. The van der Waals surface area contributed by atoms with Crippen LogP contribution in [0.2, 0.25) is 0 Å². The van der Waals surface area contributed by atoms with Gasteiger partial charge in [0.2, 0.25) is 0 Å². The van der Waals surface area contributed by atoms with Crippen molar-refractivity contribution in [3.05, 3.63) is 96.1 Å². The molecule has 6 heteroatoms. The zero-order chi connectivity index (χ0) is 44.9. The minimum absolute atomic E-state index is 0.336. The highest BCUT2D eigenvalue weighted by atomic mass is 16.7. The lowest BCUT2D eigenvalue weighted by atomic mass is 9.84. The van der Waals surface area contributed by atoms with Crippen LogP contribution in [0.4, 0.5) is 9.59 Å². The smallest absolute Gasteiger partial charge is 0.434 e. The van der Waals surface area contributed by atoms with Crippen molar-refractivity contribution in [1.29, 1.82) is 0 Å². The summed E-state index contributed by atoms with van der Waals surface area (Å²) in [5.41, 5.74) is 4.42. The Morgan fingerprint density at radius 3 is 1.02 bits per heavy atom. The molecule has 0 aliphatic heterocycles. The lowest BCUT2D eigenvalue weighted by Gasteiger charge is -2.22. The summed E-state index contributed by atoms with van der Waals surface area (Å²) in [7, 11) is 0. The van der Waals surface area contributed by atoms with Gasteiger partial charge in [0, 0.05) is 21.5 Å². The first-order valence-electron chi connectivity index (χ1n) is 25.1. The molecule has 0 fully saturated rings. The van der Waals surface area contributed by atoms with Gasteiger partial charge < -0.3 is 18.9 Å². The predicted molar refractivity (Wildman–Crippen MR) is 268 cm³/mol. The lowest BCUT2D eigenvalue weighted by molar-refractivity contribution is 0.0972. The van der Waals surface area contributed by atoms with Crippen LogP contribution in [-0.4, -0.2) is 25.5 Å². The van der Waals surface area contributed by atoms with Gasteiger partial charge in [0.25, 0.3) is 0 Å². The summed E-state index contributed by atoms with van der Waals surface area (Å²) in [6.07, 6.45) is 24.6. The predicted octanol–water partition coefficient (Wildman–Crippen LogP) is 18.0. The summed E-state index contributed by atoms with van der Waals surface area (Å²) < 4.78 is 23.9. The fourth-order valence-corrected chi connectivity index (χ4v) is 9.29. The molecule has 0 saturated heterocycles. The Labute approximate surface area is 383 Å². The molecule has 6 rings (SSSR count). The van der Waals surface area contributed by atoms with E-state index in [0.29, 0.717) is 24.7 Å². The molecule has 0 aliphatic carbocycles. The van der Waals surface area contributed by atoms with E-state index in [9.17, 15) is 9.59 Å². The molecule has 6 aromatic rings. The van der Waals surface area contributed by atoms with Gasteiger partial charge in [-0.3, -0.25) is 0 Å². The molecule has 0 saturated carbocycles. The molecule has 0 amide bonds. The van der Waals surface area contributed by atoms with Gasteiger partial charge in [-0.15, -0.1) is 0 Å². The van der Waals surface area contributed by atoms with Gasteiger partial charge in [0.15, 0.2) is 0 Å². The molecular weight excluding hydrogens is 793 g/mol. The fourth-order valence-electron chi connectivity index (χ4n) is 9.29. The highest BCUT2D eigenvalue weighted by Gasteiger charge is 2.25. The van der Waals surface area contributed by atoms with Crippen molar-refractivity contribution in [3.63, 3.8) is 0 Å². The van der Waals surface area contributed by atoms with Crippen molar-refractivity contribution < 1.29 is 28.5 Å². The number of benzene rings is 6. The first-order valence-corrected chi connectivity index (χ1v) is 25.1. The normalized spacial score (nSPS) is 11.5. The van der Waals surface area contributed by atoms with Crippen molar-refractivity contribution >= 4 is 55.4 Å². The molecule has 0 radical (unpaired) electrons. The fraction of sp³-hybridized carbons (Fsp3) is 0.483. The van der Waals surface area contributed by atoms with E-state index in [2.05, 4.69) is 76.2 Å². The first kappa shape index (κ1) is 48.4. The molecule has 0 aromatic heterocycles. The Kier molecular flexibility index (Phi) is 19.7. The van der Waals surface area contributed by atoms with Crippen LogP contribution >= 0.6 is 0 Å². The van der Waals surface area contributed by atoms with Crippen LogP contribution in [0, 0.1) is 0 Å². The monoisotopic (exact) mass is 867 g/mol. The number of rotatable bonds is 27. The quantitative estimate of drug-likeness (QED) is 0.0222. The van der Waals surface area contributed by atoms with Crippen LogP contribution in [0.1, 0.15) is 167 Å². The van der Waals surface area contributed by atoms with Gasteiger partial charge in [0.05, 0.1) is 13.2 Å². The SMILES string of the molecule is CCCCCCCCCCCCOC(=O)Oc1c2ccccc2c(-c2c3ccccc3c(OC(=O)OCCCCCCCCCCCC)c3ccc(CC)cc23)c2cc(CC)ccc12. The van der Waals surface area contributed by atoms with E-state index in [0.717, 1.165) is 106 Å². The summed E-state index contributed by atoms with van der Waals surface area (Å²) >= 11 is 0. The third-order valence-corrected chi connectivity index (χ3v) is 13.0. The average Bonchev–Trinajstić information content (AvgIpc) is 3.32. The Morgan fingerprint density at radius 2 is 0.672 bits per heavy atom. The maximum absolute atomic E-state index is 13.5. The van der Waals surface area contributed by atoms with Crippen molar-refractivity contribution in [1.82, 2.24) is 0 Å². The van der Waals surface area contributed by atoms with Gasteiger partial charge >= 0.3 is 12.3 Å². The van der Waals surface area contributed by atoms with E-state index >= 15 is 0 Å². The van der Waals surface area contributed by atoms with Crippen LogP contribution in [0.15, 0.2) is 84.9 Å². The van der Waals surface area contributed by atoms with Crippen LogP contribution in [0.5, 0.6) is 11.5 Å². The van der Waals surface area contributed by atoms with E-state index in [1.54, 1.807) is 0 Å². The number of unbranched alkanes of at least 4 members (excludes halogenated alkanes) is 18. The van der Waals surface area contributed by atoms with E-state index in [-0.39, 0.29) is 0 Å². The third kappa shape index (κ3) is 13.0. The van der Waals surface area contributed by atoms with Crippen LogP contribution in [0.3, 0.4) is 0 Å². The van der Waals surface area contributed by atoms with Gasteiger partial charge in [-0.2, -0.15) is 0 Å². The zero-order valence-electron chi connectivity index (χ0n) is 39.5. The summed E-state index contributed by atoms with van der Waals surface area (Å²) in [6.45, 7) is 9.49. The number of fused-ring (bicyclic) bond motifs is 4. The molecule has 0 aliphatic rings. The topological polar surface area (TPSA) is 71.1 Å². The van der Waals surface area contributed by atoms with E-state index in [1.165, 1.54) is 101 Å². The van der Waals surface area contributed by atoms with E-state index in [1.807, 2.05) is 36.4 Å². The van der Waals surface area contributed by atoms with Gasteiger partial charge in [0.1, 0.15) is 11.5 Å². The van der Waals surface area contributed by atoms with Gasteiger partial charge in [-0.05, 0) is 69.5 Å².